The van der Waals surface area contributed by atoms with E-state index < -0.39 is 0 Å². The molecule has 1 atom stereocenters. The van der Waals surface area contributed by atoms with E-state index in [0.29, 0.717) is 11.5 Å². The van der Waals surface area contributed by atoms with Crippen molar-refractivity contribution in [3.8, 4) is 0 Å². The van der Waals surface area contributed by atoms with Gasteiger partial charge in [-0.3, -0.25) is 0 Å². The first-order valence-corrected chi connectivity index (χ1v) is 6.96. The maximum atomic E-state index is 9.06. The summed E-state index contributed by atoms with van der Waals surface area (Å²) >= 11 is 0. The fourth-order valence-corrected chi connectivity index (χ4v) is 3.53. The standard InChI is InChI=1S/C14H27NO2/c1-11(8-16)15-12-4-6-14(7-5-12)9-13(2,3)17-10-14/h11-12,15-16H,4-10H2,1-3H3. The molecule has 0 aromatic carbocycles. The van der Waals surface area contributed by atoms with Gasteiger partial charge in [0.1, 0.15) is 0 Å². The first kappa shape index (κ1) is 13.3. The molecule has 100 valence electrons. The van der Waals surface area contributed by atoms with E-state index in [1.807, 2.05) is 6.92 Å². The van der Waals surface area contributed by atoms with E-state index in [2.05, 4.69) is 19.2 Å². The largest absolute Gasteiger partial charge is 0.395 e. The lowest BCUT2D eigenvalue weighted by Crippen LogP contribution is -2.43. The van der Waals surface area contributed by atoms with Crippen molar-refractivity contribution >= 4 is 0 Å². The molecule has 0 aromatic rings. The molecule has 1 aliphatic heterocycles. The van der Waals surface area contributed by atoms with E-state index in [9.17, 15) is 0 Å². The van der Waals surface area contributed by atoms with Crippen molar-refractivity contribution < 1.29 is 9.84 Å². The molecule has 1 spiro atoms. The summed E-state index contributed by atoms with van der Waals surface area (Å²) in [5, 5.41) is 12.6. The third-order valence-corrected chi connectivity index (χ3v) is 4.41. The molecule has 0 radical (unpaired) electrons. The fourth-order valence-electron chi connectivity index (χ4n) is 3.53. The molecule has 1 saturated carbocycles. The van der Waals surface area contributed by atoms with Gasteiger partial charge < -0.3 is 15.2 Å². The van der Waals surface area contributed by atoms with Gasteiger partial charge >= 0.3 is 0 Å². The van der Waals surface area contributed by atoms with Crippen LogP contribution in [0.1, 0.15) is 52.9 Å². The summed E-state index contributed by atoms with van der Waals surface area (Å²) < 4.78 is 5.91. The molecule has 17 heavy (non-hydrogen) atoms. The first-order chi connectivity index (χ1) is 7.95. The molecule has 1 heterocycles. The molecule has 3 nitrogen and oxygen atoms in total. The van der Waals surface area contributed by atoms with Gasteiger partial charge in [-0.2, -0.15) is 0 Å². The Kier molecular flexibility index (Phi) is 3.81. The van der Waals surface area contributed by atoms with Gasteiger partial charge in [0.2, 0.25) is 0 Å². The molecule has 2 rings (SSSR count). The zero-order valence-corrected chi connectivity index (χ0v) is 11.5. The van der Waals surface area contributed by atoms with Gasteiger partial charge in [0, 0.05) is 12.1 Å². The molecule has 0 aromatic heterocycles. The van der Waals surface area contributed by atoms with Crippen LogP contribution in [-0.4, -0.2) is 36.0 Å². The van der Waals surface area contributed by atoms with Crippen LogP contribution < -0.4 is 5.32 Å². The molecule has 0 bridgehead atoms. The summed E-state index contributed by atoms with van der Waals surface area (Å²) in [7, 11) is 0. The normalized spacial score (nSPS) is 38.5. The number of nitrogens with one attached hydrogen (secondary N) is 1. The average molecular weight is 241 g/mol. The molecule has 3 heteroatoms. The molecule has 2 aliphatic rings. The van der Waals surface area contributed by atoms with Crippen molar-refractivity contribution in [2.75, 3.05) is 13.2 Å². The van der Waals surface area contributed by atoms with Gasteiger partial charge in [-0.15, -0.1) is 0 Å². The number of ether oxygens (including phenoxy) is 1. The van der Waals surface area contributed by atoms with Crippen LogP contribution in [0, 0.1) is 5.41 Å². The summed E-state index contributed by atoms with van der Waals surface area (Å²) in [5.74, 6) is 0. The molecule has 2 fully saturated rings. The van der Waals surface area contributed by atoms with Gasteiger partial charge in [-0.1, -0.05) is 0 Å². The van der Waals surface area contributed by atoms with E-state index in [-0.39, 0.29) is 18.2 Å². The monoisotopic (exact) mass is 241 g/mol. The fraction of sp³-hybridized carbons (Fsp3) is 1.00. The van der Waals surface area contributed by atoms with Crippen LogP contribution in [0.3, 0.4) is 0 Å². The van der Waals surface area contributed by atoms with Crippen LogP contribution in [0.2, 0.25) is 0 Å². The maximum absolute atomic E-state index is 9.06. The minimum absolute atomic E-state index is 0.0820. The van der Waals surface area contributed by atoms with Crippen molar-refractivity contribution in [2.24, 2.45) is 5.41 Å². The van der Waals surface area contributed by atoms with Crippen molar-refractivity contribution in [3.63, 3.8) is 0 Å². The van der Waals surface area contributed by atoms with Crippen molar-refractivity contribution in [3.05, 3.63) is 0 Å². The van der Waals surface area contributed by atoms with Crippen LogP contribution >= 0.6 is 0 Å². The van der Waals surface area contributed by atoms with E-state index in [1.165, 1.54) is 32.1 Å². The Morgan fingerprint density at radius 3 is 2.47 bits per heavy atom. The maximum Gasteiger partial charge on any atom is 0.0632 e. The molecule has 1 saturated heterocycles. The molecule has 2 N–H and O–H groups in total. The Bertz CT molecular complexity index is 257. The van der Waals surface area contributed by atoms with Gasteiger partial charge in [0.15, 0.2) is 0 Å². The van der Waals surface area contributed by atoms with Crippen LogP contribution in [0.15, 0.2) is 0 Å². The van der Waals surface area contributed by atoms with E-state index in [0.717, 1.165) is 6.61 Å². The molecule has 0 amide bonds. The average Bonchev–Trinajstić information content (AvgIpc) is 2.58. The summed E-state index contributed by atoms with van der Waals surface area (Å²) in [5.41, 5.74) is 0.531. The number of rotatable bonds is 3. The van der Waals surface area contributed by atoms with E-state index in [1.54, 1.807) is 0 Å². The second-order valence-corrected chi connectivity index (χ2v) is 6.75. The Hall–Kier alpha value is -0.120. The van der Waals surface area contributed by atoms with Crippen LogP contribution in [-0.2, 0) is 4.74 Å². The summed E-state index contributed by atoms with van der Waals surface area (Å²) in [6, 6.07) is 0.816. The topological polar surface area (TPSA) is 41.5 Å². The van der Waals surface area contributed by atoms with Crippen molar-refractivity contribution in [2.45, 2.75) is 70.6 Å². The number of hydrogen-bond donors (Lipinski definition) is 2. The highest BCUT2D eigenvalue weighted by Crippen LogP contribution is 2.48. The van der Waals surface area contributed by atoms with Crippen LogP contribution in [0.5, 0.6) is 0 Å². The summed E-state index contributed by atoms with van der Waals surface area (Å²) in [6.45, 7) is 7.64. The lowest BCUT2D eigenvalue weighted by Gasteiger charge is -2.37. The number of hydrogen-bond acceptors (Lipinski definition) is 3. The summed E-state index contributed by atoms with van der Waals surface area (Å²) in [4.78, 5) is 0. The predicted molar refractivity (Wildman–Crippen MR) is 69.0 cm³/mol. The molecule has 1 aliphatic carbocycles. The lowest BCUT2D eigenvalue weighted by atomic mass is 9.69. The van der Waals surface area contributed by atoms with Gasteiger partial charge in [-0.25, -0.2) is 0 Å². The van der Waals surface area contributed by atoms with Crippen LogP contribution in [0.4, 0.5) is 0 Å². The zero-order chi connectivity index (χ0) is 12.5. The predicted octanol–water partition coefficient (Wildman–Crippen LogP) is 2.08. The second kappa shape index (κ2) is 4.87. The highest BCUT2D eigenvalue weighted by atomic mass is 16.5. The Labute approximate surface area is 105 Å². The minimum Gasteiger partial charge on any atom is -0.395 e. The number of aliphatic hydroxyl groups excluding tert-OH is 1. The minimum atomic E-state index is 0.0820. The first-order valence-electron chi connectivity index (χ1n) is 6.96. The third-order valence-electron chi connectivity index (χ3n) is 4.41. The Balaban J connectivity index is 1.82. The van der Waals surface area contributed by atoms with Crippen LogP contribution in [0.25, 0.3) is 0 Å². The zero-order valence-electron chi connectivity index (χ0n) is 11.5. The quantitative estimate of drug-likeness (QED) is 0.795. The van der Waals surface area contributed by atoms with Gasteiger partial charge in [0.05, 0.1) is 18.8 Å². The number of aliphatic hydroxyl groups is 1. The summed E-state index contributed by atoms with van der Waals surface area (Å²) in [6.07, 6.45) is 6.20. The van der Waals surface area contributed by atoms with E-state index >= 15 is 0 Å². The highest BCUT2D eigenvalue weighted by Gasteiger charge is 2.45. The Morgan fingerprint density at radius 1 is 1.35 bits per heavy atom. The van der Waals surface area contributed by atoms with Gasteiger partial charge in [-0.05, 0) is 58.3 Å². The molecular weight excluding hydrogens is 214 g/mol. The van der Waals surface area contributed by atoms with E-state index in [4.69, 9.17) is 9.84 Å². The molecule has 1 unspecified atom stereocenters. The second-order valence-electron chi connectivity index (χ2n) is 6.75. The smallest absolute Gasteiger partial charge is 0.0632 e. The lowest BCUT2D eigenvalue weighted by molar-refractivity contribution is 0.0275. The van der Waals surface area contributed by atoms with Crippen molar-refractivity contribution in [1.82, 2.24) is 5.32 Å². The highest BCUT2D eigenvalue weighted by molar-refractivity contribution is 4.97. The Morgan fingerprint density at radius 2 is 2.00 bits per heavy atom. The molecular formula is C14H27NO2. The SMILES string of the molecule is CC(CO)NC1CCC2(CC1)COC(C)(C)C2. The third kappa shape index (κ3) is 3.21. The van der Waals surface area contributed by atoms with Gasteiger partial charge in [0.25, 0.3) is 0 Å². The van der Waals surface area contributed by atoms with Crippen molar-refractivity contribution in [1.29, 1.82) is 0 Å².